The molecule has 4 fully saturated rings. The average Bonchev–Trinajstić information content (AvgIpc) is 3.04. The highest BCUT2D eigenvalue weighted by atomic mass is 32.2. The van der Waals surface area contributed by atoms with Gasteiger partial charge in [-0.2, -0.15) is 0 Å². The van der Waals surface area contributed by atoms with E-state index < -0.39 is 34.1 Å². The van der Waals surface area contributed by atoms with Crippen molar-refractivity contribution in [3.05, 3.63) is 95.6 Å². The zero-order valence-electron chi connectivity index (χ0n) is 29.5. The number of methoxy groups -OCH3 is 1. The van der Waals surface area contributed by atoms with Crippen molar-refractivity contribution in [2.45, 2.75) is 89.3 Å². The van der Waals surface area contributed by atoms with Gasteiger partial charge < -0.3 is 15.0 Å². The fraction of sp³-hybridized carbons (Fsp3) is 0.500. The van der Waals surface area contributed by atoms with Crippen LogP contribution in [0, 0.1) is 17.8 Å². The summed E-state index contributed by atoms with van der Waals surface area (Å²) in [5.41, 5.74) is 3.02. The van der Waals surface area contributed by atoms with Gasteiger partial charge in [0.05, 0.1) is 19.1 Å². The van der Waals surface area contributed by atoms with Crippen LogP contribution in [0.4, 0.5) is 5.69 Å². The summed E-state index contributed by atoms with van der Waals surface area (Å²) >= 11 is 0. The minimum Gasteiger partial charge on any atom is -0.497 e. The number of amides is 2. The molecule has 0 heterocycles. The maximum absolute atomic E-state index is 14.5. The number of hydrogen-bond acceptors (Lipinski definition) is 5. The van der Waals surface area contributed by atoms with Gasteiger partial charge in [-0.05, 0) is 123 Å². The van der Waals surface area contributed by atoms with Crippen LogP contribution in [0.3, 0.4) is 0 Å². The molecule has 0 spiro atoms. The van der Waals surface area contributed by atoms with Crippen molar-refractivity contribution in [2.24, 2.45) is 17.8 Å². The average molecular weight is 686 g/mol. The molecular formula is C40H51N3O5S. The van der Waals surface area contributed by atoms with E-state index in [1.807, 2.05) is 87.5 Å². The monoisotopic (exact) mass is 685 g/mol. The second-order valence-corrected chi connectivity index (χ2v) is 17.7. The van der Waals surface area contributed by atoms with Crippen molar-refractivity contribution in [3.8, 4) is 5.75 Å². The van der Waals surface area contributed by atoms with Gasteiger partial charge in [0.2, 0.25) is 21.8 Å². The molecule has 4 bridgehead atoms. The first kappa shape index (κ1) is 35.0. The molecule has 7 rings (SSSR count). The first-order valence-electron chi connectivity index (χ1n) is 17.6. The van der Waals surface area contributed by atoms with E-state index >= 15 is 0 Å². The second-order valence-electron chi connectivity index (χ2n) is 15.8. The highest BCUT2D eigenvalue weighted by Gasteiger charge is 2.51. The summed E-state index contributed by atoms with van der Waals surface area (Å²) in [5, 5.41) is 3.07. The van der Waals surface area contributed by atoms with Crippen LogP contribution in [0.1, 0.15) is 76.0 Å². The lowest BCUT2D eigenvalue weighted by atomic mass is 9.48. The van der Waals surface area contributed by atoms with Gasteiger partial charge in [-0.3, -0.25) is 13.9 Å². The molecule has 3 aromatic rings. The zero-order valence-corrected chi connectivity index (χ0v) is 30.3. The topological polar surface area (TPSA) is 96.0 Å². The SMILES string of the molecule is COc1cccc(CN(C(=O)CN(c2ccc(C34CC5CC(CC(C5)C3)C4)cc2)S(C)(=O)=O)C(Cc2ccccc2)C(=O)NC(C)(C)C)c1. The highest BCUT2D eigenvalue weighted by Crippen LogP contribution is 2.60. The molecule has 4 aliphatic carbocycles. The molecule has 0 aliphatic heterocycles. The van der Waals surface area contributed by atoms with E-state index in [2.05, 4.69) is 17.4 Å². The second kappa shape index (κ2) is 13.8. The summed E-state index contributed by atoms with van der Waals surface area (Å²) in [4.78, 5) is 30.1. The Morgan fingerprint density at radius 3 is 2.02 bits per heavy atom. The summed E-state index contributed by atoms with van der Waals surface area (Å²) in [6.07, 6.45) is 9.10. The number of ether oxygens (including phenoxy) is 1. The molecule has 8 nitrogen and oxygen atoms in total. The number of nitrogens with zero attached hydrogens (tertiary/aromatic N) is 2. The minimum atomic E-state index is -3.86. The van der Waals surface area contributed by atoms with Crippen molar-refractivity contribution in [3.63, 3.8) is 0 Å². The van der Waals surface area contributed by atoms with Crippen LogP contribution in [0.2, 0.25) is 0 Å². The molecular weight excluding hydrogens is 635 g/mol. The lowest BCUT2D eigenvalue weighted by Crippen LogP contribution is -2.56. The Balaban J connectivity index is 1.32. The van der Waals surface area contributed by atoms with E-state index in [0.29, 0.717) is 11.4 Å². The Hall–Kier alpha value is -3.85. The van der Waals surface area contributed by atoms with Crippen LogP contribution < -0.4 is 14.4 Å². The summed E-state index contributed by atoms with van der Waals surface area (Å²) in [7, 11) is -2.28. The van der Waals surface area contributed by atoms with Crippen LogP contribution in [0.25, 0.3) is 0 Å². The van der Waals surface area contributed by atoms with Gasteiger partial charge in [0, 0.05) is 18.5 Å². The molecule has 9 heteroatoms. The molecule has 1 N–H and O–H groups in total. The third-order valence-corrected chi connectivity index (χ3v) is 11.9. The number of carbonyl (C=O) groups excluding carboxylic acids is 2. The Kier molecular flexibility index (Phi) is 9.86. The molecule has 0 aromatic heterocycles. The van der Waals surface area contributed by atoms with Gasteiger partial charge >= 0.3 is 0 Å². The van der Waals surface area contributed by atoms with E-state index in [1.165, 1.54) is 53.3 Å². The van der Waals surface area contributed by atoms with Gasteiger partial charge in [-0.25, -0.2) is 8.42 Å². The number of carbonyl (C=O) groups is 2. The Labute approximate surface area is 292 Å². The van der Waals surface area contributed by atoms with Crippen LogP contribution in [-0.2, 0) is 38.0 Å². The molecule has 0 saturated heterocycles. The standard InChI is InChI=1S/C40H51N3O5S/c1-39(2,3)41-38(45)36(22-28-10-7-6-8-11-28)42(26-29-12-9-13-35(21-29)48-4)37(44)27-43(49(5,46)47)34-16-14-33(15-17-34)40-23-30-18-31(24-40)20-32(19-30)25-40/h6-17,21,30-32,36H,18-20,22-27H2,1-5H3,(H,41,45). The van der Waals surface area contributed by atoms with Gasteiger partial charge in [0.25, 0.3) is 0 Å². The third-order valence-electron chi connectivity index (χ3n) is 10.7. The molecule has 262 valence electrons. The zero-order chi connectivity index (χ0) is 35.0. The fourth-order valence-corrected chi connectivity index (χ4v) is 9.88. The predicted octanol–water partition coefficient (Wildman–Crippen LogP) is 6.48. The Morgan fingerprint density at radius 2 is 1.47 bits per heavy atom. The molecule has 4 aliphatic rings. The summed E-state index contributed by atoms with van der Waals surface area (Å²) in [6, 6.07) is 24.0. The van der Waals surface area contributed by atoms with E-state index in [9.17, 15) is 18.0 Å². The number of nitrogens with one attached hydrogen (secondary N) is 1. The first-order valence-corrected chi connectivity index (χ1v) is 19.4. The summed E-state index contributed by atoms with van der Waals surface area (Å²) in [6.45, 7) is 5.35. The molecule has 3 aromatic carbocycles. The van der Waals surface area contributed by atoms with Gasteiger partial charge in [-0.15, -0.1) is 0 Å². The largest absolute Gasteiger partial charge is 0.497 e. The molecule has 1 atom stereocenters. The van der Waals surface area contributed by atoms with Gasteiger partial charge in [-0.1, -0.05) is 54.6 Å². The lowest BCUT2D eigenvalue weighted by molar-refractivity contribution is -0.140. The van der Waals surface area contributed by atoms with Gasteiger partial charge in [0.15, 0.2) is 0 Å². The first-order chi connectivity index (χ1) is 23.2. The molecule has 2 amide bonds. The van der Waals surface area contributed by atoms with Crippen LogP contribution in [0.5, 0.6) is 5.75 Å². The van der Waals surface area contributed by atoms with Crippen molar-refractivity contribution in [1.29, 1.82) is 0 Å². The van der Waals surface area contributed by atoms with E-state index in [-0.39, 0.29) is 24.3 Å². The van der Waals surface area contributed by atoms with Crippen LogP contribution >= 0.6 is 0 Å². The number of anilines is 1. The lowest BCUT2D eigenvalue weighted by Gasteiger charge is -2.57. The maximum Gasteiger partial charge on any atom is 0.244 e. The number of rotatable bonds is 12. The smallest absolute Gasteiger partial charge is 0.244 e. The highest BCUT2D eigenvalue weighted by molar-refractivity contribution is 7.92. The Bertz CT molecular complexity index is 1720. The number of benzene rings is 3. The number of sulfonamides is 1. The number of hydrogen-bond donors (Lipinski definition) is 1. The van der Waals surface area contributed by atoms with E-state index in [0.717, 1.165) is 35.1 Å². The van der Waals surface area contributed by atoms with Crippen molar-refractivity contribution < 1.29 is 22.7 Å². The summed E-state index contributed by atoms with van der Waals surface area (Å²) < 4.78 is 33.4. The quantitative estimate of drug-likeness (QED) is 0.236. The summed E-state index contributed by atoms with van der Waals surface area (Å²) in [5.74, 6) is 2.24. The third kappa shape index (κ3) is 8.14. The molecule has 49 heavy (non-hydrogen) atoms. The Morgan fingerprint density at radius 1 is 0.878 bits per heavy atom. The molecule has 0 radical (unpaired) electrons. The van der Waals surface area contributed by atoms with Gasteiger partial charge in [0.1, 0.15) is 18.3 Å². The molecule has 4 saturated carbocycles. The fourth-order valence-electron chi connectivity index (χ4n) is 9.03. The normalized spacial score (nSPS) is 23.5. The van der Waals surface area contributed by atoms with E-state index in [1.54, 1.807) is 7.11 Å². The van der Waals surface area contributed by atoms with Crippen molar-refractivity contribution in [1.82, 2.24) is 10.2 Å². The van der Waals surface area contributed by atoms with Crippen LogP contribution in [-0.4, -0.2) is 56.6 Å². The minimum absolute atomic E-state index is 0.0909. The maximum atomic E-state index is 14.5. The van der Waals surface area contributed by atoms with Crippen molar-refractivity contribution in [2.75, 3.05) is 24.2 Å². The molecule has 1 unspecified atom stereocenters. The van der Waals surface area contributed by atoms with Crippen LogP contribution in [0.15, 0.2) is 78.9 Å². The van der Waals surface area contributed by atoms with E-state index in [4.69, 9.17) is 4.74 Å². The predicted molar refractivity (Wildman–Crippen MR) is 194 cm³/mol. The van der Waals surface area contributed by atoms with Crippen molar-refractivity contribution >= 4 is 27.5 Å².